The number of Topliss-reactive ketones (excluding diaryl/α,β-unsaturated/α-hetero) is 1. The van der Waals surface area contributed by atoms with Gasteiger partial charge in [-0.25, -0.2) is 4.90 Å². The Morgan fingerprint density at radius 2 is 1.73 bits per heavy atom. The Balaban J connectivity index is 1.49. The number of aromatic hydroxyl groups is 1. The molecule has 0 radical (unpaired) electrons. The third-order valence-corrected chi connectivity index (χ3v) is 9.07. The molecule has 40 heavy (non-hydrogen) atoms. The van der Waals surface area contributed by atoms with Crippen molar-refractivity contribution in [3.63, 3.8) is 0 Å². The minimum atomic E-state index is -0.796. The fourth-order valence-corrected chi connectivity index (χ4v) is 7.19. The number of nitro groups is 1. The van der Waals surface area contributed by atoms with Gasteiger partial charge >= 0.3 is 0 Å². The molecular weight excluding hydrogens is 580 g/mol. The number of ketones is 2. The largest absolute Gasteiger partial charge is 0.507 e. The van der Waals surface area contributed by atoms with Crippen LogP contribution >= 0.6 is 15.9 Å². The first-order valence-corrected chi connectivity index (χ1v) is 13.6. The fourth-order valence-electron chi connectivity index (χ4n) is 6.74. The average molecular weight is 603 g/mol. The molecule has 10 heteroatoms. The van der Waals surface area contributed by atoms with Gasteiger partial charge in [-0.05, 0) is 71.3 Å². The van der Waals surface area contributed by atoms with Gasteiger partial charge in [0.2, 0.25) is 11.8 Å². The quantitative estimate of drug-likeness (QED) is 0.174. The Labute approximate surface area is 237 Å². The standard InChI is InChI=1S/C30H23BrN2O7/c1-13-8-15(9-14(2)27(13)35)24-18-6-7-19-25(20(18)11-21-26(24)23(34)12-22(31)28(21)36)30(38)32(29(19)37)16-4-3-5-17(10-16)33(39)40/h3-6,8-10,12,19-20,24-25,35H,7,11H2,1-2H3. The van der Waals surface area contributed by atoms with E-state index in [4.69, 9.17) is 0 Å². The topological polar surface area (TPSA) is 135 Å². The van der Waals surface area contributed by atoms with Gasteiger partial charge in [-0.3, -0.25) is 29.3 Å². The van der Waals surface area contributed by atoms with Crippen LogP contribution < -0.4 is 4.90 Å². The number of halogens is 1. The molecule has 0 aromatic heterocycles. The lowest BCUT2D eigenvalue weighted by molar-refractivity contribution is -0.384. The van der Waals surface area contributed by atoms with Crippen LogP contribution in [0.5, 0.6) is 5.75 Å². The Hall–Kier alpha value is -4.18. The first kappa shape index (κ1) is 26.1. The Bertz CT molecular complexity index is 1660. The number of carbonyl (C=O) groups excluding carboxylic acids is 4. The molecule has 1 fully saturated rings. The summed E-state index contributed by atoms with van der Waals surface area (Å²) in [6, 6.07) is 8.99. The molecule has 2 aromatic carbocycles. The number of phenolic OH excluding ortho intramolecular Hbond substituents is 1. The molecule has 0 bridgehead atoms. The third-order valence-electron chi connectivity index (χ3n) is 8.48. The van der Waals surface area contributed by atoms with Crippen molar-refractivity contribution in [2.75, 3.05) is 4.90 Å². The van der Waals surface area contributed by atoms with E-state index in [0.717, 1.165) is 16.0 Å². The molecule has 1 N–H and O–H groups in total. The number of hydrogen-bond donors (Lipinski definition) is 1. The molecule has 2 aromatic rings. The van der Waals surface area contributed by atoms with Gasteiger partial charge in [0, 0.05) is 35.3 Å². The highest BCUT2D eigenvalue weighted by Crippen LogP contribution is 2.56. The van der Waals surface area contributed by atoms with Crippen molar-refractivity contribution < 1.29 is 29.2 Å². The van der Waals surface area contributed by atoms with E-state index in [1.54, 1.807) is 26.0 Å². The number of nitrogens with zero attached hydrogens (tertiary/aromatic N) is 2. The number of carbonyl (C=O) groups is 4. The van der Waals surface area contributed by atoms with Gasteiger partial charge in [-0.15, -0.1) is 0 Å². The maximum atomic E-state index is 13.9. The molecule has 6 rings (SSSR count). The minimum absolute atomic E-state index is 0.115. The molecule has 0 saturated carbocycles. The van der Waals surface area contributed by atoms with Crippen LogP contribution in [0.15, 0.2) is 69.8 Å². The summed E-state index contributed by atoms with van der Waals surface area (Å²) in [4.78, 5) is 66.0. The van der Waals surface area contributed by atoms with Crippen molar-refractivity contribution >= 4 is 50.7 Å². The summed E-state index contributed by atoms with van der Waals surface area (Å²) < 4.78 is 0.139. The van der Waals surface area contributed by atoms with Crippen LogP contribution in [0.1, 0.15) is 35.4 Å². The second-order valence-corrected chi connectivity index (χ2v) is 11.5. The number of hydrogen-bond acceptors (Lipinski definition) is 7. The summed E-state index contributed by atoms with van der Waals surface area (Å²) >= 11 is 3.21. The van der Waals surface area contributed by atoms with Gasteiger partial charge in [-0.1, -0.05) is 29.8 Å². The zero-order valence-corrected chi connectivity index (χ0v) is 23.1. The van der Waals surface area contributed by atoms with E-state index in [1.165, 1.54) is 30.3 Å². The van der Waals surface area contributed by atoms with Crippen molar-refractivity contribution in [3.05, 3.63) is 96.6 Å². The number of aryl methyl sites for hydroxylation is 2. The summed E-state index contributed by atoms with van der Waals surface area (Å²) in [6.45, 7) is 3.51. The van der Waals surface area contributed by atoms with Crippen molar-refractivity contribution in [2.45, 2.75) is 32.6 Å². The molecule has 202 valence electrons. The first-order valence-electron chi connectivity index (χ1n) is 12.8. The molecule has 1 heterocycles. The van der Waals surface area contributed by atoms with E-state index in [0.29, 0.717) is 22.3 Å². The van der Waals surface area contributed by atoms with Crippen molar-refractivity contribution in [2.24, 2.45) is 17.8 Å². The zero-order valence-electron chi connectivity index (χ0n) is 21.5. The number of rotatable bonds is 3. The van der Waals surface area contributed by atoms with Gasteiger partial charge in [0.15, 0.2) is 11.6 Å². The molecule has 3 aliphatic carbocycles. The number of benzene rings is 2. The summed E-state index contributed by atoms with van der Waals surface area (Å²) in [5, 5.41) is 21.8. The fraction of sp³-hybridized carbons (Fsp3) is 0.267. The number of anilines is 1. The molecule has 9 nitrogen and oxygen atoms in total. The van der Waals surface area contributed by atoms with Crippen LogP contribution in [0, 0.1) is 41.7 Å². The van der Waals surface area contributed by atoms with E-state index in [-0.39, 0.29) is 46.0 Å². The van der Waals surface area contributed by atoms with Crippen LogP contribution in [-0.4, -0.2) is 33.4 Å². The van der Waals surface area contributed by atoms with Gasteiger partial charge < -0.3 is 5.11 Å². The monoisotopic (exact) mass is 602 g/mol. The Morgan fingerprint density at radius 3 is 2.40 bits per heavy atom. The lowest BCUT2D eigenvalue weighted by atomic mass is 9.59. The van der Waals surface area contributed by atoms with E-state index in [9.17, 15) is 34.4 Å². The molecule has 4 aliphatic rings. The average Bonchev–Trinajstić information content (AvgIpc) is 3.18. The molecule has 4 unspecified atom stereocenters. The SMILES string of the molecule is Cc1cc(C2C3=CCC4C(=O)N(c5cccc([N+](=O)[O-])c5)C(=O)C4C3CC3=C2C(=O)C=C(Br)C3=O)cc(C)c1O. The van der Waals surface area contributed by atoms with Gasteiger partial charge in [-0.2, -0.15) is 0 Å². The second kappa shape index (κ2) is 9.19. The second-order valence-electron chi connectivity index (χ2n) is 10.7. The lowest BCUT2D eigenvalue weighted by Gasteiger charge is -2.42. The molecular formula is C30H23BrN2O7. The zero-order chi connectivity index (χ0) is 28.6. The van der Waals surface area contributed by atoms with Crippen LogP contribution in [-0.2, 0) is 19.2 Å². The number of imide groups is 1. The third kappa shape index (κ3) is 3.73. The summed E-state index contributed by atoms with van der Waals surface area (Å²) in [5.74, 6) is -4.07. The Morgan fingerprint density at radius 1 is 1.02 bits per heavy atom. The predicted molar refractivity (Wildman–Crippen MR) is 148 cm³/mol. The molecule has 2 amide bonds. The minimum Gasteiger partial charge on any atom is -0.507 e. The van der Waals surface area contributed by atoms with Crippen LogP contribution in [0.4, 0.5) is 11.4 Å². The van der Waals surface area contributed by atoms with Gasteiger partial charge in [0.1, 0.15) is 5.75 Å². The van der Waals surface area contributed by atoms with Gasteiger partial charge in [0.05, 0.1) is 26.9 Å². The van der Waals surface area contributed by atoms with Crippen molar-refractivity contribution in [1.29, 1.82) is 0 Å². The maximum absolute atomic E-state index is 13.9. The number of nitro benzene ring substituents is 1. The highest BCUT2D eigenvalue weighted by Gasteiger charge is 2.56. The molecule has 1 aliphatic heterocycles. The number of allylic oxidation sites excluding steroid dienone is 6. The summed E-state index contributed by atoms with van der Waals surface area (Å²) in [5.41, 5.74) is 3.30. The van der Waals surface area contributed by atoms with Crippen molar-refractivity contribution in [1.82, 2.24) is 0 Å². The molecule has 1 saturated heterocycles. The summed E-state index contributed by atoms with van der Waals surface area (Å²) in [6.07, 6.45) is 3.55. The van der Waals surface area contributed by atoms with E-state index < -0.39 is 40.4 Å². The van der Waals surface area contributed by atoms with Gasteiger partial charge in [0.25, 0.3) is 5.69 Å². The van der Waals surface area contributed by atoms with Crippen LogP contribution in [0.25, 0.3) is 0 Å². The van der Waals surface area contributed by atoms with Crippen LogP contribution in [0.2, 0.25) is 0 Å². The first-order chi connectivity index (χ1) is 19.0. The van der Waals surface area contributed by atoms with Crippen molar-refractivity contribution in [3.8, 4) is 5.75 Å². The highest BCUT2D eigenvalue weighted by molar-refractivity contribution is 9.12. The molecule has 4 atom stereocenters. The number of phenols is 1. The highest BCUT2D eigenvalue weighted by atomic mass is 79.9. The number of amides is 2. The summed E-state index contributed by atoms with van der Waals surface area (Å²) in [7, 11) is 0. The maximum Gasteiger partial charge on any atom is 0.271 e. The predicted octanol–water partition coefficient (Wildman–Crippen LogP) is 4.88. The van der Waals surface area contributed by atoms with E-state index in [2.05, 4.69) is 15.9 Å². The Kier molecular flexibility index (Phi) is 5.99. The smallest absolute Gasteiger partial charge is 0.271 e. The van der Waals surface area contributed by atoms with E-state index in [1.807, 2.05) is 6.08 Å². The molecule has 0 spiro atoms. The number of non-ortho nitro benzene ring substituents is 1. The normalized spacial score (nSPS) is 25.8. The van der Waals surface area contributed by atoms with E-state index >= 15 is 0 Å². The number of fused-ring (bicyclic) bond motifs is 3. The lowest BCUT2D eigenvalue weighted by Crippen LogP contribution is -2.39. The van der Waals surface area contributed by atoms with Crippen LogP contribution in [0.3, 0.4) is 0 Å².